The van der Waals surface area contributed by atoms with Crippen LogP contribution in [0.15, 0.2) is 29.1 Å². The van der Waals surface area contributed by atoms with Gasteiger partial charge < -0.3 is 9.72 Å². The molecule has 1 aliphatic carbocycles. The summed E-state index contributed by atoms with van der Waals surface area (Å²) < 4.78 is 5.51. The summed E-state index contributed by atoms with van der Waals surface area (Å²) in [5.41, 5.74) is 2.74. The fourth-order valence-electron chi connectivity index (χ4n) is 2.82. The van der Waals surface area contributed by atoms with Gasteiger partial charge in [0.25, 0.3) is 5.56 Å². The number of aromatic nitrogens is 2. The van der Waals surface area contributed by atoms with Crippen LogP contribution in [0.25, 0.3) is 11.4 Å². The normalized spacial score (nSPS) is 14.3. The Bertz CT molecular complexity index is 691. The maximum absolute atomic E-state index is 12.3. The van der Waals surface area contributed by atoms with Crippen LogP contribution >= 0.6 is 0 Å². The molecule has 21 heavy (non-hydrogen) atoms. The van der Waals surface area contributed by atoms with Crippen LogP contribution in [0.3, 0.4) is 0 Å². The first-order chi connectivity index (χ1) is 10.3. The van der Waals surface area contributed by atoms with Crippen LogP contribution in [0, 0.1) is 0 Å². The van der Waals surface area contributed by atoms with Crippen molar-refractivity contribution in [2.75, 3.05) is 6.61 Å². The quantitative estimate of drug-likeness (QED) is 0.881. The second-order valence-corrected chi connectivity index (χ2v) is 5.36. The minimum absolute atomic E-state index is 0.0127. The van der Waals surface area contributed by atoms with Crippen molar-refractivity contribution in [1.82, 2.24) is 9.97 Å². The lowest BCUT2D eigenvalue weighted by molar-refractivity contribution is 0.340. The number of fused-ring (bicyclic) bond motifs is 1. The van der Waals surface area contributed by atoms with E-state index in [9.17, 15) is 4.79 Å². The van der Waals surface area contributed by atoms with Gasteiger partial charge in [-0.25, -0.2) is 4.98 Å². The number of rotatable bonds is 3. The summed E-state index contributed by atoms with van der Waals surface area (Å²) in [5.74, 6) is 1.44. The Balaban J connectivity index is 2.03. The topological polar surface area (TPSA) is 55.0 Å². The predicted molar refractivity (Wildman–Crippen MR) is 82.7 cm³/mol. The lowest BCUT2D eigenvalue weighted by Gasteiger charge is -2.09. The van der Waals surface area contributed by atoms with E-state index >= 15 is 0 Å². The maximum atomic E-state index is 12.3. The molecule has 4 heteroatoms. The van der Waals surface area contributed by atoms with E-state index in [1.54, 1.807) is 0 Å². The first-order valence-corrected chi connectivity index (χ1v) is 7.63. The number of hydrogen-bond donors (Lipinski definition) is 1. The Kier molecular flexibility index (Phi) is 4.04. The zero-order valence-corrected chi connectivity index (χ0v) is 12.3. The summed E-state index contributed by atoms with van der Waals surface area (Å²) in [5, 5.41) is 0. The summed E-state index contributed by atoms with van der Waals surface area (Å²) in [6.45, 7) is 2.58. The highest BCUT2D eigenvalue weighted by Crippen LogP contribution is 2.23. The van der Waals surface area contributed by atoms with Gasteiger partial charge in [0.2, 0.25) is 0 Å². The number of ether oxygens (including phenoxy) is 1. The van der Waals surface area contributed by atoms with Gasteiger partial charge in [-0.3, -0.25) is 4.79 Å². The number of H-pyrrole nitrogens is 1. The molecule has 3 rings (SSSR count). The van der Waals surface area contributed by atoms with Crippen molar-refractivity contribution in [1.29, 1.82) is 0 Å². The molecule has 110 valence electrons. The van der Waals surface area contributed by atoms with Crippen LogP contribution in [0.4, 0.5) is 0 Å². The standard InChI is InChI=1S/C17H20N2O2/c1-2-21-13-8-6-7-12(11-13)16-18-15-10-5-3-4-9-14(15)17(20)19-16/h6-8,11H,2-5,9-10H2,1H3,(H,18,19,20). The van der Waals surface area contributed by atoms with Crippen LogP contribution in [-0.2, 0) is 12.8 Å². The lowest BCUT2D eigenvalue weighted by Crippen LogP contribution is -2.18. The highest BCUT2D eigenvalue weighted by atomic mass is 16.5. The SMILES string of the molecule is CCOc1cccc(-c2nc3c(c(=O)[nH]2)CCCCC3)c1. The summed E-state index contributed by atoms with van der Waals surface area (Å²) >= 11 is 0. The summed E-state index contributed by atoms with van der Waals surface area (Å²) in [4.78, 5) is 19.9. The number of aromatic amines is 1. The van der Waals surface area contributed by atoms with E-state index in [4.69, 9.17) is 9.72 Å². The number of nitrogens with zero attached hydrogens (tertiary/aromatic N) is 1. The molecule has 0 amide bonds. The van der Waals surface area contributed by atoms with Crippen LogP contribution in [-0.4, -0.2) is 16.6 Å². The van der Waals surface area contributed by atoms with Gasteiger partial charge in [0.05, 0.1) is 12.3 Å². The molecule has 1 heterocycles. The third-order valence-electron chi connectivity index (χ3n) is 3.86. The Hall–Kier alpha value is -2.10. The van der Waals surface area contributed by atoms with E-state index in [0.717, 1.165) is 48.3 Å². The Morgan fingerprint density at radius 2 is 2.10 bits per heavy atom. The van der Waals surface area contributed by atoms with E-state index in [-0.39, 0.29) is 5.56 Å². The highest BCUT2D eigenvalue weighted by Gasteiger charge is 2.15. The van der Waals surface area contributed by atoms with E-state index in [1.807, 2.05) is 31.2 Å². The third kappa shape index (κ3) is 2.99. The van der Waals surface area contributed by atoms with Gasteiger partial charge in [0.15, 0.2) is 0 Å². The first kappa shape index (κ1) is 13.9. The van der Waals surface area contributed by atoms with Crippen molar-refractivity contribution < 1.29 is 4.74 Å². The molecule has 0 radical (unpaired) electrons. The summed E-state index contributed by atoms with van der Waals surface area (Å²) in [6.07, 6.45) is 5.11. The molecule has 0 atom stereocenters. The molecule has 0 spiro atoms. The highest BCUT2D eigenvalue weighted by molar-refractivity contribution is 5.57. The van der Waals surface area contributed by atoms with E-state index < -0.39 is 0 Å². The number of hydrogen-bond acceptors (Lipinski definition) is 3. The molecule has 0 fully saturated rings. The van der Waals surface area contributed by atoms with E-state index in [2.05, 4.69) is 4.98 Å². The predicted octanol–water partition coefficient (Wildman–Crippen LogP) is 3.10. The van der Waals surface area contributed by atoms with Crippen molar-refractivity contribution in [3.63, 3.8) is 0 Å². The molecule has 0 saturated heterocycles. The monoisotopic (exact) mass is 284 g/mol. The van der Waals surface area contributed by atoms with Crippen molar-refractivity contribution in [2.24, 2.45) is 0 Å². The molecule has 0 aliphatic heterocycles. The van der Waals surface area contributed by atoms with Gasteiger partial charge in [0, 0.05) is 11.1 Å². The van der Waals surface area contributed by atoms with Crippen molar-refractivity contribution in [2.45, 2.75) is 39.0 Å². The molecule has 1 aliphatic rings. The zero-order chi connectivity index (χ0) is 14.7. The molecule has 0 unspecified atom stereocenters. The Morgan fingerprint density at radius 1 is 1.24 bits per heavy atom. The third-order valence-corrected chi connectivity index (χ3v) is 3.86. The smallest absolute Gasteiger partial charge is 0.254 e. The largest absolute Gasteiger partial charge is 0.494 e. The van der Waals surface area contributed by atoms with Crippen molar-refractivity contribution in [3.05, 3.63) is 45.9 Å². The van der Waals surface area contributed by atoms with Crippen LogP contribution < -0.4 is 10.3 Å². The number of aryl methyl sites for hydroxylation is 1. The second kappa shape index (κ2) is 6.12. The molecule has 0 bridgehead atoms. The van der Waals surface area contributed by atoms with Crippen LogP contribution in [0.5, 0.6) is 5.75 Å². The van der Waals surface area contributed by atoms with Gasteiger partial charge in [-0.15, -0.1) is 0 Å². The fraction of sp³-hybridized carbons (Fsp3) is 0.412. The minimum atomic E-state index is 0.0127. The molecule has 1 aromatic carbocycles. The average Bonchev–Trinajstić information content (AvgIpc) is 2.73. The molecule has 1 aromatic heterocycles. The van der Waals surface area contributed by atoms with Crippen LogP contribution in [0.1, 0.15) is 37.4 Å². The molecule has 1 N–H and O–H groups in total. The van der Waals surface area contributed by atoms with Gasteiger partial charge in [-0.1, -0.05) is 18.6 Å². The van der Waals surface area contributed by atoms with E-state index in [1.165, 1.54) is 6.42 Å². The Morgan fingerprint density at radius 3 is 2.95 bits per heavy atom. The number of benzene rings is 1. The van der Waals surface area contributed by atoms with Crippen molar-refractivity contribution >= 4 is 0 Å². The van der Waals surface area contributed by atoms with Gasteiger partial charge >= 0.3 is 0 Å². The molecule has 2 aromatic rings. The first-order valence-electron chi connectivity index (χ1n) is 7.63. The van der Waals surface area contributed by atoms with Gasteiger partial charge in [-0.05, 0) is 44.7 Å². The fourth-order valence-corrected chi connectivity index (χ4v) is 2.82. The Labute approximate surface area is 124 Å². The maximum Gasteiger partial charge on any atom is 0.254 e. The van der Waals surface area contributed by atoms with Crippen LogP contribution in [0.2, 0.25) is 0 Å². The number of nitrogens with one attached hydrogen (secondary N) is 1. The minimum Gasteiger partial charge on any atom is -0.494 e. The van der Waals surface area contributed by atoms with E-state index in [0.29, 0.717) is 12.4 Å². The summed E-state index contributed by atoms with van der Waals surface area (Å²) in [7, 11) is 0. The molecule has 4 nitrogen and oxygen atoms in total. The lowest BCUT2D eigenvalue weighted by atomic mass is 10.1. The second-order valence-electron chi connectivity index (χ2n) is 5.36. The average molecular weight is 284 g/mol. The molecular weight excluding hydrogens is 264 g/mol. The molecule has 0 saturated carbocycles. The van der Waals surface area contributed by atoms with Gasteiger partial charge in [-0.2, -0.15) is 0 Å². The zero-order valence-electron chi connectivity index (χ0n) is 12.3. The van der Waals surface area contributed by atoms with Gasteiger partial charge in [0.1, 0.15) is 11.6 Å². The summed E-state index contributed by atoms with van der Waals surface area (Å²) in [6, 6.07) is 7.70. The molecular formula is C17H20N2O2. The van der Waals surface area contributed by atoms with Crippen molar-refractivity contribution in [3.8, 4) is 17.1 Å².